The van der Waals surface area contributed by atoms with Gasteiger partial charge in [-0.05, 0) is 34.1 Å². The molecule has 104 valence electrons. The summed E-state index contributed by atoms with van der Waals surface area (Å²) in [5.41, 5.74) is 1.28. The van der Waals surface area contributed by atoms with Gasteiger partial charge in [0.05, 0.1) is 5.69 Å². The zero-order chi connectivity index (χ0) is 13.8. The van der Waals surface area contributed by atoms with Crippen LogP contribution in [0.15, 0.2) is 5.38 Å². The van der Waals surface area contributed by atoms with E-state index in [0.717, 1.165) is 17.4 Å². The number of hydrogen-bond acceptors (Lipinski definition) is 4. The molecule has 0 spiro atoms. The molecule has 1 aromatic heterocycles. The van der Waals surface area contributed by atoms with Crippen LogP contribution in [-0.4, -0.2) is 23.6 Å². The van der Waals surface area contributed by atoms with Crippen molar-refractivity contribution in [1.29, 1.82) is 0 Å². The lowest BCUT2D eigenvalue weighted by Crippen LogP contribution is -2.35. The van der Waals surface area contributed by atoms with Crippen LogP contribution in [-0.2, 0) is 6.54 Å². The summed E-state index contributed by atoms with van der Waals surface area (Å²) in [6, 6.07) is 0.560. The maximum atomic E-state index is 4.70. The summed E-state index contributed by atoms with van der Waals surface area (Å²) in [5, 5.41) is 6.75. The first-order valence-electron chi connectivity index (χ1n) is 6.75. The minimum atomic E-state index is 0.144. The molecule has 0 bridgehead atoms. The van der Waals surface area contributed by atoms with Gasteiger partial charge in [-0.2, -0.15) is 0 Å². The maximum Gasteiger partial charge on any atom is 0.185 e. The van der Waals surface area contributed by atoms with Crippen molar-refractivity contribution >= 4 is 16.5 Å². The first-order valence-corrected chi connectivity index (χ1v) is 7.63. The lowest BCUT2D eigenvalue weighted by Gasteiger charge is -2.23. The summed E-state index contributed by atoms with van der Waals surface area (Å²) in [6.45, 7) is 11.9. The van der Waals surface area contributed by atoms with Gasteiger partial charge >= 0.3 is 0 Å². The van der Waals surface area contributed by atoms with Gasteiger partial charge in [0, 0.05) is 30.6 Å². The Bertz CT molecular complexity index is 354. The number of anilines is 1. The number of nitrogens with one attached hydrogen (secondary N) is 1. The minimum absolute atomic E-state index is 0.144. The Morgan fingerprint density at radius 1 is 1.44 bits per heavy atom. The molecule has 1 rings (SSSR count). The molecule has 1 atom stereocenters. The zero-order valence-corrected chi connectivity index (χ0v) is 13.4. The average molecular weight is 269 g/mol. The lowest BCUT2D eigenvalue weighted by atomic mass is 10.1. The van der Waals surface area contributed by atoms with Crippen LogP contribution in [0.4, 0.5) is 5.13 Å². The van der Waals surface area contributed by atoms with Crippen molar-refractivity contribution in [3.05, 3.63) is 11.1 Å². The topological polar surface area (TPSA) is 28.2 Å². The highest BCUT2D eigenvalue weighted by Crippen LogP contribution is 2.22. The van der Waals surface area contributed by atoms with Gasteiger partial charge in [-0.1, -0.05) is 13.3 Å². The molecular formula is C14H27N3S. The first kappa shape index (κ1) is 15.4. The van der Waals surface area contributed by atoms with Crippen LogP contribution in [0.3, 0.4) is 0 Å². The quantitative estimate of drug-likeness (QED) is 0.854. The molecule has 1 unspecified atom stereocenters. The third kappa shape index (κ3) is 4.94. The van der Waals surface area contributed by atoms with Gasteiger partial charge in [0.25, 0.3) is 0 Å². The van der Waals surface area contributed by atoms with Crippen LogP contribution in [0.2, 0.25) is 0 Å². The van der Waals surface area contributed by atoms with Gasteiger partial charge in [0.15, 0.2) is 5.13 Å². The molecule has 0 amide bonds. The normalized spacial score (nSPS) is 13.7. The molecular weight excluding hydrogens is 242 g/mol. The Hall–Kier alpha value is -0.610. The van der Waals surface area contributed by atoms with E-state index >= 15 is 0 Å². The Balaban J connectivity index is 2.57. The molecule has 0 fully saturated rings. The molecule has 18 heavy (non-hydrogen) atoms. The van der Waals surface area contributed by atoms with Crippen LogP contribution in [0, 0.1) is 0 Å². The average Bonchev–Trinajstić information content (AvgIpc) is 2.73. The van der Waals surface area contributed by atoms with Gasteiger partial charge in [0.2, 0.25) is 0 Å². The highest BCUT2D eigenvalue weighted by molar-refractivity contribution is 7.13. The van der Waals surface area contributed by atoms with Crippen LogP contribution in [0.25, 0.3) is 0 Å². The molecule has 1 N–H and O–H groups in total. The van der Waals surface area contributed by atoms with Crippen LogP contribution >= 0.6 is 11.3 Å². The van der Waals surface area contributed by atoms with Crippen molar-refractivity contribution in [2.45, 2.75) is 65.6 Å². The predicted molar refractivity (Wildman–Crippen MR) is 81.5 cm³/mol. The SMILES string of the molecule is CCCC(C)N(C)c1nc(CNC(C)(C)C)cs1. The van der Waals surface area contributed by atoms with E-state index in [9.17, 15) is 0 Å². The number of rotatable bonds is 6. The molecule has 3 nitrogen and oxygen atoms in total. The third-order valence-corrected chi connectivity index (χ3v) is 3.99. The van der Waals surface area contributed by atoms with Crippen molar-refractivity contribution < 1.29 is 0 Å². The second-order valence-electron chi connectivity index (χ2n) is 5.97. The zero-order valence-electron chi connectivity index (χ0n) is 12.6. The fraction of sp³-hybridized carbons (Fsp3) is 0.786. The number of nitrogens with zero attached hydrogens (tertiary/aromatic N) is 2. The van der Waals surface area contributed by atoms with Crippen LogP contribution < -0.4 is 10.2 Å². The Kier molecular flexibility index (Phi) is 5.60. The van der Waals surface area contributed by atoms with E-state index < -0.39 is 0 Å². The van der Waals surface area contributed by atoms with E-state index in [1.807, 2.05) is 0 Å². The van der Waals surface area contributed by atoms with Gasteiger partial charge in [0.1, 0.15) is 0 Å². The van der Waals surface area contributed by atoms with Crippen molar-refractivity contribution in [3.63, 3.8) is 0 Å². The van der Waals surface area contributed by atoms with Gasteiger partial charge < -0.3 is 10.2 Å². The van der Waals surface area contributed by atoms with Crippen molar-refractivity contribution in [1.82, 2.24) is 10.3 Å². The Labute approximate surface area is 116 Å². The molecule has 0 saturated carbocycles. The molecule has 4 heteroatoms. The van der Waals surface area contributed by atoms with Crippen molar-refractivity contribution in [3.8, 4) is 0 Å². The second-order valence-corrected chi connectivity index (χ2v) is 6.81. The monoisotopic (exact) mass is 269 g/mol. The molecule has 0 aromatic carbocycles. The molecule has 0 aliphatic rings. The van der Waals surface area contributed by atoms with Gasteiger partial charge in [-0.3, -0.25) is 0 Å². The minimum Gasteiger partial charge on any atom is -0.348 e. The summed E-state index contributed by atoms with van der Waals surface area (Å²) in [4.78, 5) is 6.98. The maximum absolute atomic E-state index is 4.70. The Morgan fingerprint density at radius 2 is 2.11 bits per heavy atom. The predicted octanol–water partition coefficient (Wildman–Crippen LogP) is 3.66. The molecule has 0 aliphatic carbocycles. The van der Waals surface area contributed by atoms with Crippen molar-refractivity contribution in [2.75, 3.05) is 11.9 Å². The largest absolute Gasteiger partial charge is 0.348 e. The Morgan fingerprint density at radius 3 is 2.67 bits per heavy atom. The highest BCUT2D eigenvalue weighted by Gasteiger charge is 2.14. The number of hydrogen-bond donors (Lipinski definition) is 1. The van der Waals surface area contributed by atoms with Crippen molar-refractivity contribution in [2.24, 2.45) is 0 Å². The summed E-state index contributed by atoms with van der Waals surface area (Å²) >= 11 is 1.74. The molecule has 1 aromatic rings. The van der Waals surface area contributed by atoms with E-state index in [0.29, 0.717) is 6.04 Å². The lowest BCUT2D eigenvalue weighted by molar-refractivity contribution is 0.422. The van der Waals surface area contributed by atoms with E-state index in [1.165, 1.54) is 12.8 Å². The van der Waals surface area contributed by atoms with Crippen LogP contribution in [0.1, 0.15) is 53.2 Å². The standard InChI is InChI=1S/C14H27N3S/c1-7-8-11(2)17(6)13-16-12(10-18-13)9-15-14(3,4)5/h10-11,15H,7-9H2,1-6H3. The van der Waals surface area contributed by atoms with Gasteiger partial charge in [-0.25, -0.2) is 4.98 Å². The van der Waals surface area contributed by atoms with E-state index in [1.54, 1.807) is 11.3 Å². The molecule has 1 heterocycles. The van der Waals surface area contributed by atoms with E-state index in [2.05, 4.69) is 57.3 Å². The number of aromatic nitrogens is 1. The smallest absolute Gasteiger partial charge is 0.185 e. The fourth-order valence-electron chi connectivity index (χ4n) is 1.70. The first-order chi connectivity index (χ1) is 8.33. The highest BCUT2D eigenvalue weighted by atomic mass is 32.1. The number of thiazole rings is 1. The molecule has 0 aliphatic heterocycles. The summed E-state index contributed by atoms with van der Waals surface area (Å²) in [7, 11) is 2.14. The molecule has 0 saturated heterocycles. The third-order valence-electron chi connectivity index (χ3n) is 3.01. The molecule has 0 radical (unpaired) electrons. The van der Waals surface area contributed by atoms with Crippen LogP contribution in [0.5, 0.6) is 0 Å². The van der Waals surface area contributed by atoms with Gasteiger partial charge in [-0.15, -0.1) is 11.3 Å². The van der Waals surface area contributed by atoms with E-state index in [-0.39, 0.29) is 5.54 Å². The fourth-order valence-corrected chi connectivity index (χ4v) is 2.59. The summed E-state index contributed by atoms with van der Waals surface area (Å²) in [5.74, 6) is 0. The summed E-state index contributed by atoms with van der Waals surface area (Å²) in [6.07, 6.45) is 2.43. The van der Waals surface area contributed by atoms with E-state index in [4.69, 9.17) is 4.98 Å². The summed E-state index contributed by atoms with van der Waals surface area (Å²) < 4.78 is 0. The second kappa shape index (κ2) is 6.53.